The molecular formula is C20H34NO4+. The highest BCUT2D eigenvalue weighted by Crippen LogP contribution is 2.18. The summed E-state index contributed by atoms with van der Waals surface area (Å²) in [7, 11) is 0. The Morgan fingerprint density at radius 3 is 2.48 bits per heavy atom. The molecule has 0 bridgehead atoms. The number of ether oxygens (including phenoxy) is 2. The van der Waals surface area contributed by atoms with Gasteiger partial charge in [0.15, 0.2) is 0 Å². The highest BCUT2D eigenvalue weighted by molar-refractivity contribution is 5.74. The van der Waals surface area contributed by atoms with E-state index in [0.29, 0.717) is 31.7 Å². The number of hydrogen-bond donors (Lipinski definition) is 2. The van der Waals surface area contributed by atoms with Gasteiger partial charge in [-0.3, -0.25) is 0 Å². The summed E-state index contributed by atoms with van der Waals surface area (Å²) in [4.78, 5) is 11.6. The predicted octanol–water partition coefficient (Wildman–Crippen LogP) is 1.83. The second kappa shape index (κ2) is 12.0. The number of carbonyl (C=O) groups is 1. The van der Waals surface area contributed by atoms with Crippen LogP contribution in [0.2, 0.25) is 0 Å². The Balaban J connectivity index is 0.000000450. The van der Waals surface area contributed by atoms with Crippen molar-refractivity contribution in [2.75, 3.05) is 19.8 Å². The summed E-state index contributed by atoms with van der Waals surface area (Å²) in [5.41, 5.74) is 5.06. The zero-order valence-corrected chi connectivity index (χ0v) is 15.8. The van der Waals surface area contributed by atoms with E-state index in [1.54, 1.807) is 0 Å². The van der Waals surface area contributed by atoms with Crippen molar-refractivity contribution >= 4 is 5.97 Å². The van der Waals surface area contributed by atoms with Gasteiger partial charge < -0.3 is 20.3 Å². The van der Waals surface area contributed by atoms with Crippen LogP contribution in [0, 0.1) is 11.8 Å². The molecule has 5 nitrogen and oxygen atoms in total. The fourth-order valence-corrected chi connectivity index (χ4v) is 2.67. The summed E-state index contributed by atoms with van der Waals surface area (Å²) in [6.45, 7) is 7.46. The molecule has 2 rings (SSSR count). The van der Waals surface area contributed by atoms with E-state index in [-0.39, 0.29) is 12.1 Å². The first-order chi connectivity index (χ1) is 11.9. The lowest BCUT2D eigenvalue weighted by Gasteiger charge is -2.19. The maximum absolute atomic E-state index is 11.6. The predicted molar refractivity (Wildman–Crippen MR) is 97.8 cm³/mol. The van der Waals surface area contributed by atoms with E-state index >= 15 is 0 Å². The molecule has 142 valence electrons. The summed E-state index contributed by atoms with van der Waals surface area (Å²) in [6, 6.07) is 9.92. The molecule has 0 aliphatic carbocycles. The summed E-state index contributed by atoms with van der Waals surface area (Å²) >= 11 is 0. The van der Waals surface area contributed by atoms with E-state index in [4.69, 9.17) is 14.6 Å². The maximum atomic E-state index is 11.6. The Morgan fingerprint density at radius 1 is 1.24 bits per heavy atom. The molecule has 1 heterocycles. The van der Waals surface area contributed by atoms with Gasteiger partial charge in [0.1, 0.15) is 6.61 Å². The van der Waals surface area contributed by atoms with Crippen molar-refractivity contribution in [3.63, 3.8) is 0 Å². The topological polar surface area (TPSA) is 83.4 Å². The van der Waals surface area contributed by atoms with Crippen LogP contribution < -0.4 is 5.73 Å². The number of cyclic esters (lactones) is 1. The Morgan fingerprint density at radius 2 is 1.92 bits per heavy atom. The molecule has 25 heavy (non-hydrogen) atoms. The first-order valence-corrected chi connectivity index (χ1v) is 9.18. The SMILES string of the molecule is CC(C)CCO.CC1CC(Cc2ccccc2)COC[C@H]([NH3+])C(=O)O1. The summed E-state index contributed by atoms with van der Waals surface area (Å²) in [5.74, 6) is 0.762. The molecule has 1 saturated heterocycles. The first-order valence-electron chi connectivity index (χ1n) is 9.18. The van der Waals surface area contributed by atoms with Crippen molar-refractivity contribution in [3.8, 4) is 0 Å². The minimum atomic E-state index is -0.419. The van der Waals surface area contributed by atoms with Crippen LogP contribution in [0.15, 0.2) is 30.3 Å². The molecule has 1 aliphatic rings. The molecule has 1 aliphatic heterocycles. The number of benzene rings is 1. The van der Waals surface area contributed by atoms with Gasteiger partial charge >= 0.3 is 5.97 Å². The van der Waals surface area contributed by atoms with Gasteiger partial charge in [-0.2, -0.15) is 0 Å². The molecular weight excluding hydrogens is 318 g/mol. The highest BCUT2D eigenvalue weighted by Gasteiger charge is 2.26. The Kier molecular flexibility index (Phi) is 10.4. The fraction of sp³-hybridized carbons (Fsp3) is 0.650. The van der Waals surface area contributed by atoms with E-state index in [1.807, 2.05) is 25.1 Å². The van der Waals surface area contributed by atoms with Crippen LogP contribution in [-0.2, 0) is 20.7 Å². The molecule has 0 radical (unpaired) electrons. The quantitative estimate of drug-likeness (QED) is 0.810. The van der Waals surface area contributed by atoms with Gasteiger partial charge in [-0.15, -0.1) is 0 Å². The molecule has 0 amide bonds. The number of aliphatic hydroxyl groups excluding tert-OH is 1. The van der Waals surface area contributed by atoms with Crippen LogP contribution in [0.1, 0.15) is 39.2 Å². The van der Waals surface area contributed by atoms with Gasteiger partial charge in [0.2, 0.25) is 6.04 Å². The van der Waals surface area contributed by atoms with Crippen LogP contribution in [0.3, 0.4) is 0 Å². The normalized spacial score (nSPS) is 24.4. The molecule has 0 aromatic heterocycles. The van der Waals surface area contributed by atoms with Gasteiger partial charge in [-0.05, 0) is 43.6 Å². The average Bonchev–Trinajstić information content (AvgIpc) is 2.60. The molecule has 0 saturated carbocycles. The second-order valence-electron chi connectivity index (χ2n) is 7.18. The Bertz CT molecular complexity index is 478. The molecule has 5 heteroatoms. The number of quaternary nitrogens is 1. The lowest BCUT2D eigenvalue weighted by atomic mass is 9.95. The minimum absolute atomic E-state index is 0.0767. The Labute approximate surface area is 151 Å². The van der Waals surface area contributed by atoms with Gasteiger partial charge in [-0.25, -0.2) is 4.79 Å². The van der Waals surface area contributed by atoms with Gasteiger partial charge in [-0.1, -0.05) is 44.2 Å². The number of esters is 1. The molecule has 0 spiro atoms. The Hall–Kier alpha value is -1.43. The monoisotopic (exact) mass is 352 g/mol. The third-order valence-electron chi connectivity index (χ3n) is 4.06. The number of carbonyl (C=O) groups excluding carboxylic acids is 1. The van der Waals surface area contributed by atoms with E-state index in [1.165, 1.54) is 5.56 Å². The zero-order chi connectivity index (χ0) is 18.7. The van der Waals surface area contributed by atoms with Crippen LogP contribution in [0.25, 0.3) is 0 Å². The van der Waals surface area contributed by atoms with Crippen molar-refractivity contribution in [1.82, 2.24) is 0 Å². The third-order valence-corrected chi connectivity index (χ3v) is 4.06. The van der Waals surface area contributed by atoms with Gasteiger partial charge in [0.25, 0.3) is 0 Å². The van der Waals surface area contributed by atoms with Crippen LogP contribution in [-0.4, -0.2) is 43.0 Å². The van der Waals surface area contributed by atoms with E-state index < -0.39 is 6.04 Å². The smallest absolute Gasteiger partial charge is 0.367 e. The number of hydrogen-bond acceptors (Lipinski definition) is 4. The molecule has 2 unspecified atom stereocenters. The maximum Gasteiger partial charge on any atom is 0.367 e. The average molecular weight is 352 g/mol. The van der Waals surface area contributed by atoms with Crippen LogP contribution >= 0.6 is 0 Å². The van der Waals surface area contributed by atoms with E-state index in [0.717, 1.165) is 19.3 Å². The fourth-order valence-electron chi connectivity index (χ4n) is 2.67. The largest absolute Gasteiger partial charge is 0.458 e. The first kappa shape index (κ1) is 21.6. The lowest BCUT2D eigenvalue weighted by Crippen LogP contribution is -2.67. The molecule has 1 aromatic rings. The van der Waals surface area contributed by atoms with Crippen LogP contribution in [0.4, 0.5) is 0 Å². The van der Waals surface area contributed by atoms with Crippen molar-refractivity contribution < 1.29 is 25.1 Å². The van der Waals surface area contributed by atoms with E-state index in [9.17, 15) is 4.79 Å². The van der Waals surface area contributed by atoms with Crippen molar-refractivity contribution in [2.24, 2.45) is 11.8 Å². The molecule has 1 aromatic carbocycles. The van der Waals surface area contributed by atoms with Gasteiger partial charge in [0, 0.05) is 6.61 Å². The number of rotatable bonds is 4. The summed E-state index contributed by atoms with van der Waals surface area (Å²) in [6.07, 6.45) is 2.63. The number of aliphatic hydroxyl groups is 1. The van der Waals surface area contributed by atoms with Crippen molar-refractivity contribution in [3.05, 3.63) is 35.9 Å². The van der Waals surface area contributed by atoms with Crippen molar-refractivity contribution in [2.45, 2.75) is 52.2 Å². The standard InChI is InChI=1S/C15H21NO3.C5H12O/c1-11-7-13(8-12-5-3-2-4-6-12)9-18-10-14(16)15(17)19-11;1-5(2)3-4-6/h2-6,11,13-14H,7-10,16H2,1H3;5-6H,3-4H2,1-2H3/p+1/t11?,13?,14-;/m0./s1. The van der Waals surface area contributed by atoms with Crippen LogP contribution in [0.5, 0.6) is 0 Å². The molecule has 1 fully saturated rings. The van der Waals surface area contributed by atoms with Crippen molar-refractivity contribution in [1.29, 1.82) is 0 Å². The zero-order valence-electron chi connectivity index (χ0n) is 15.8. The summed E-state index contributed by atoms with van der Waals surface area (Å²) in [5, 5.41) is 8.24. The highest BCUT2D eigenvalue weighted by atomic mass is 16.5. The molecule has 4 N–H and O–H groups in total. The summed E-state index contributed by atoms with van der Waals surface area (Å²) < 4.78 is 11.0. The third kappa shape index (κ3) is 9.58. The molecule has 3 atom stereocenters. The second-order valence-corrected chi connectivity index (χ2v) is 7.18. The minimum Gasteiger partial charge on any atom is -0.458 e. The lowest BCUT2D eigenvalue weighted by molar-refractivity contribution is -0.415. The van der Waals surface area contributed by atoms with Gasteiger partial charge in [0.05, 0.1) is 12.7 Å². The van der Waals surface area contributed by atoms with E-state index in [2.05, 4.69) is 31.7 Å².